The molecule has 0 aromatic rings. The van der Waals surface area contributed by atoms with Gasteiger partial charge in [-0.05, 0) is 40.5 Å². The molecule has 5 nitrogen and oxygen atoms in total. The summed E-state index contributed by atoms with van der Waals surface area (Å²) in [4.78, 5) is 27.3. The third-order valence-electron chi connectivity index (χ3n) is 4.06. The predicted octanol–water partition coefficient (Wildman–Crippen LogP) is 1.18. The topological polar surface area (TPSA) is 60.9 Å². The van der Waals surface area contributed by atoms with Gasteiger partial charge in [-0.15, -0.1) is 0 Å². The lowest BCUT2D eigenvalue weighted by atomic mass is 9.98. The van der Waals surface area contributed by atoms with Gasteiger partial charge in [-0.1, -0.05) is 0 Å². The molecule has 0 aromatic carbocycles. The summed E-state index contributed by atoms with van der Waals surface area (Å²) < 4.78 is 0. The summed E-state index contributed by atoms with van der Waals surface area (Å²) in [6.45, 7) is 9.41. The minimum atomic E-state index is -0.901. The Labute approximate surface area is 109 Å². The van der Waals surface area contributed by atoms with Crippen molar-refractivity contribution in [2.24, 2.45) is 0 Å². The maximum atomic E-state index is 12.3. The van der Waals surface area contributed by atoms with Crippen LogP contribution in [0.25, 0.3) is 0 Å². The first-order valence-corrected chi connectivity index (χ1v) is 6.67. The van der Waals surface area contributed by atoms with Crippen LogP contribution in [-0.4, -0.2) is 58.0 Å². The van der Waals surface area contributed by atoms with Gasteiger partial charge in [0.2, 0.25) is 5.91 Å². The van der Waals surface area contributed by atoms with Crippen LogP contribution in [0.1, 0.15) is 40.5 Å². The van der Waals surface area contributed by atoms with Crippen LogP contribution >= 0.6 is 0 Å². The average Bonchev–Trinajstić information content (AvgIpc) is 2.73. The van der Waals surface area contributed by atoms with Gasteiger partial charge in [-0.3, -0.25) is 14.5 Å². The first kappa shape index (κ1) is 15.0. The Kier molecular flexibility index (Phi) is 4.73. The Hall–Kier alpha value is -1.10. The highest BCUT2D eigenvalue weighted by molar-refractivity contribution is 5.84. The number of amides is 1. The number of carbonyl (C=O) groups excluding carboxylic acids is 1. The molecule has 2 atom stereocenters. The number of carbonyl (C=O) groups is 2. The van der Waals surface area contributed by atoms with Gasteiger partial charge in [0.15, 0.2) is 0 Å². The van der Waals surface area contributed by atoms with Gasteiger partial charge in [-0.2, -0.15) is 0 Å². The zero-order valence-corrected chi connectivity index (χ0v) is 11.8. The summed E-state index contributed by atoms with van der Waals surface area (Å²) >= 11 is 0. The standard InChI is InChI=1S/C13H24N2O3/c1-5-14(6-2)11(16)10(3)15-9-7-8-13(15,4)12(17)18/h10H,5-9H2,1-4H3,(H,17,18). The number of likely N-dealkylation sites (N-methyl/N-ethyl adjacent to an activating group) is 1. The maximum absolute atomic E-state index is 12.3. The fourth-order valence-electron chi connectivity index (χ4n) is 2.77. The van der Waals surface area contributed by atoms with Crippen molar-refractivity contribution in [2.45, 2.75) is 52.1 Å². The van der Waals surface area contributed by atoms with E-state index in [1.165, 1.54) is 0 Å². The first-order chi connectivity index (χ1) is 8.38. The van der Waals surface area contributed by atoms with E-state index in [-0.39, 0.29) is 11.9 Å². The number of aliphatic carboxylic acids is 1. The van der Waals surface area contributed by atoms with Gasteiger partial charge >= 0.3 is 5.97 Å². The van der Waals surface area contributed by atoms with Crippen molar-refractivity contribution in [2.75, 3.05) is 19.6 Å². The summed E-state index contributed by atoms with van der Waals surface area (Å²) in [5.41, 5.74) is -0.901. The number of carboxylic acid groups (broad SMARTS) is 1. The minimum Gasteiger partial charge on any atom is -0.480 e. The van der Waals surface area contributed by atoms with Crippen molar-refractivity contribution in [1.82, 2.24) is 9.80 Å². The van der Waals surface area contributed by atoms with Crippen molar-refractivity contribution in [1.29, 1.82) is 0 Å². The normalized spacial score (nSPS) is 26.0. The van der Waals surface area contributed by atoms with E-state index in [1.54, 1.807) is 11.8 Å². The van der Waals surface area contributed by atoms with Crippen LogP contribution < -0.4 is 0 Å². The number of hydrogen-bond donors (Lipinski definition) is 1. The van der Waals surface area contributed by atoms with Crippen LogP contribution in [0.15, 0.2) is 0 Å². The van der Waals surface area contributed by atoms with Crippen LogP contribution in [0.5, 0.6) is 0 Å². The SMILES string of the molecule is CCN(CC)C(=O)C(C)N1CCCC1(C)C(=O)O. The number of hydrogen-bond acceptors (Lipinski definition) is 3. The number of nitrogens with zero attached hydrogens (tertiary/aromatic N) is 2. The van der Waals surface area contributed by atoms with Crippen molar-refractivity contribution in [3.05, 3.63) is 0 Å². The van der Waals surface area contributed by atoms with Gasteiger partial charge in [0.25, 0.3) is 0 Å². The fourth-order valence-corrected chi connectivity index (χ4v) is 2.77. The molecule has 1 heterocycles. The van der Waals surface area contributed by atoms with Crippen molar-refractivity contribution >= 4 is 11.9 Å². The monoisotopic (exact) mass is 256 g/mol. The lowest BCUT2D eigenvalue weighted by Gasteiger charge is -2.37. The molecule has 5 heteroatoms. The lowest BCUT2D eigenvalue weighted by Crippen LogP contribution is -2.56. The first-order valence-electron chi connectivity index (χ1n) is 6.67. The summed E-state index contributed by atoms with van der Waals surface area (Å²) in [7, 11) is 0. The molecule has 0 bridgehead atoms. The molecule has 18 heavy (non-hydrogen) atoms. The molecule has 1 rings (SSSR count). The van der Waals surface area contributed by atoms with E-state index in [1.807, 2.05) is 25.7 Å². The van der Waals surface area contributed by atoms with Crippen molar-refractivity contribution in [3.8, 4) is 0 Å². The largest absolute Gasteiger partial charge is 0.480 e. The zero-order valence-electron chi connectivity index (χ0n) is 11.8. The molecule has 2 unspecified atom stereocenters. The molecule has 0 aliphatic carbocycles. The second-order valence-corrected chi connectivity index (χ2v) is 5.06. The Bertz CT molecular complexity index is 328. The lowest BCUT2D eigenvalue weighted by molar-refractivity contribution is -0.152. The van der Waals surface area contributed by atoms with Gasteiger partial charge in [0.1, 0.15) is 5.54 Å². The van der Waals surface area contributed by atoms with E-state index in [2.05, 4.69) is 0 Å². The quantitative estimate of drug-likeness (QED) is 0.802. The molecule has 1 fully saturated rings. The third-order valence-corrected chi connectivity index (χ3v) is 4.06. The molecule has 1 aliphatic heterocycles. The van der Waals surface area contributed by atoms with E-state index in [9.17, 15) is 14.7 Å². The molecule has 1 saturated heterocycles. The molecule has 0 saturated carbocycles. The Morgan fingerprint density at radius 3 is 2.39 bits per heavy atom. The van der Waals surface area contributed by atoms with Crippen LogP contribution in [0.2, 0.25) is 0 Å². The zero-order chi connectivity index (χ0) is 13.9. The van der Waals surface area contributed by atoms with Gasteiger partial charge in [0, 0.05) is 19.6 Å². The van der Waals surface area contributed by atoms with Gasteiger partial charge in [-0.25, -0.2) is 0 Å². The van der Waals surface area contributed by atoms with E-state index < -0.39 is 11.5 Å². The van der Waals surface area contributed by atoms with Crippen LogP contribution in [-0.2, 0) is 9.59 Å². The summed E-state index contributed by atoms with van der Waals surface area (Å²) in [5.74, 6) is -0.812. The fraction of sp³-hybridized carbons (Fsp3) is 0.846. The number of carboxylic acids is 1. The number of rotatable bonds is 5. The molecule has 1 amide bonds. The second-order valence-electron chi connectivity index (χ2n) is 5.06. The Morgan fingerprint density at radius 1 is 1.39 bits per heavy atom. The van der Waals surface area contributed by atoms with E-state index in [0.717, 1.165) is 6.42 Å². The highest BCUT2D eigenvalue weighted by atomic mass is 16.4. The van der Waals surface area contributed by atoms with Crippen LogP contribution in [0, 0.1) is 0 Å². The van der Waals surface area contributed by atoms with E-state index in [4.69, 9.17) is 0 Å². The van der Waals surface area contributed by atoms with Crippen LogP contribution in [0.3, 0.4) is 0 Å². The molecule has 0 radical (unpaired) electrons. The van der Waals surface area contributed by atoms with E-state index >= 15 is 0 Å². The van der Waals surface area contributed by atoms with Crippen molar-refractivity contribution < 1.29 is 14.7 Å². The van der Waals surface area contributed by atoms with Gasteiger partial charge in [0.05, 0.1) is 6.04 Å². The highest BCUT2D eigenvalue weighted by Crippen LogP contribution is 2.31. The molecule has 0 aromatic heterocycles. The van der Waals surface area contributed by atoms with Gasteiger partial charge < -0.3 is 10.0 Å². The second kappa shape index (κ2) is 5.69. The summed E-state index contributed by atoms with van der Waals surface area (Å²) in [5, 5.41) is 9.36. The minimum absolute atomic E-state index is 0.0226. The molecule has 1 N–H and O–H groups in total. The molecule has 104 valence electrons. The number of likely N-dealkylation sites (tertiary alicyclic amines) is 1. The third kappa shape index (κ3) is 2.51. The molecule has 1 aliphatic rings. The summed E-state index contributed by atoms with van der Waals surface area (Å²) in [6.07, 6.45) is 1.44. The highest BCUT2D eigenvalue weighted by Gasteiger charge is 2.47. The average molecular weight is 256 g/mol. The Morgan fingerprint density at radius 2 is 1.94 bits per heavy atom. The molecular formula is C13H24N2O3. The molecule has 0 spiro atoms. The maximum Gasteiger partial charge on any atom is 0.323 e. The smallest absolute Gasteiger partial charge is 0.323 e. The summed E-state index contributed by atoms with van der Waals surface area (Å²) in [6, 6.07) is -0.367. The van der Waals surface area contributed by atoms with E-state index in [0.29, 0.717) is 26.1 Å². The van der Waals surface area contributed by atoms with Crippen molar-refractivity contribution in [3.63, 3.8) is 0 Å². The van der Waals surface area contributed by atoms with Crippen LogP contribution in [0.4, 0.5) is 0 Å². The predicted molar refractivity (Wildman–Crippen MR) is 69.4 cm³/mol. The molecular weight excluding hydrogens is 232 g/mol. The Balaban J connectivity index is 2.86.